The summed E-state index contributed by atoms with van der Waals surface area (Å²) in [6.07, 6.45) is -5.71. The largest absolute Gasteiger partial charge is 0.508 e. The molecule has 4 heterocycles. The summed E-state index contributed by atoms with van der Waals surface area (Å²) < 4.78 is 12.6. The summed E-state index contributed by atoms with van der Waals surface area (Å²) in [4.78, 5) is 165. The van der Waals surface area contributed by atoms with Crippen LogP contribution in [-0.2, 0) is 101 Å². The fourth-order valence-corrected chi connectivity index (χ4v) is 12.9. The Morgan fingerprint density at radius 1 is 0.579 bits per heavy atom. The van der Waals surface area contributed by atoms with Crippen LogP contribution < -0.4 is 65.1 Å². The Kier molecular flexibility index (Phi) is 30.7. The number of aliphatic hydroxyl groups excluding tert-OH is 3. The van der Waals surface area contributed by atoms with Gasteiger partial charge in [0.15, 0.2) is 6.29 Å². The maximum atomic E-state index is 15.3. The predicted molar refractivity (Wildman–Crippen MR) is 386 cm³/mol. The molecule has 578 valence electrons. The third-order valence-corrected chi connectivity index (χ3v) is 18.7. The second-order valence-electron chi connectivity index (χ2n) is 27.9. The average molecular weight is 1490 g/mol. The van der Waals surface area contributed by atoms with Crippen LogP contribution in [0, 0.1) is 11.8 Å². The van der Waals surface area contributed by atoms with Gasteiger partial charge in [0, 0.05) is 44.8 Å². The number of nitrogens with two attached hydrogens (primary N) is 3. The standard InChI is InChI=1S/C74H100N16O17/c1-41(2)32-50-65(97)85-56(36-45-20-12-7-13-21-45)73(105)90-29-15-23-57(90)71(103)84-52(34-44-18-10-6-11-19-44)67(99)80-51(33-43-16-8-5-9-17-43)66(98)83-55(38-59(76)93)69(101)82-54(37-47-39-89(88-87-47)30-31-106-74-60(77)63(95)62(94)58(40-91)107-74)68(100)81-53(35-46-24-26-48(92)27-25-46)70(102)86-61(42(3)4)72(104)78-49(22-14-28-75)64(96)79-50/h5-13,16-21,24-27,39,41-42,49-58,60-63,74,91-92,94-95H,14-15,22-23,28-38,40,75,77H2,1-4H3,(H2,76,93)(H,78,104)(H,79,96)(H,80,99)(H,81,100)(H,82,101)(H,83,98)(H,84,103)(H,85,97)(H,86,102)/t49-,50-,51+,52-,53-,54-,55-,56+,57-,58+,60+,61-,62-,63+,74+/m0/s1. The molecule has 19 N–H and O–H groups in total. The number of aliphatic hydroxyl groups is 3. The number of hydrogen-bond donors (Lipinski definition) is 16. The van der Waals surface area contributed by atoms with Gasteiger partial charge in [-0.1, -0.05) is 136 Å². The highest BCUT2D eigenvalue weighted by Gasteiger charge is 2.45. The monoisotopic (exact) mass is 1480 g/mol. The zero-order valence-electron chi connectivity index (χ0n) is 60.3. The van der Waals surface area contributed by atoms with Gasteiger partial charge in [0.05, 0.1) is 37.9 Å². The molecule has 3 aliphatic rings. The van der Waals surface area contributed by atoms with Crippen molar-refractivity contribution in [2.75, 3.05) is 26.3 Å². The van der Waals surface area contributed by atoms with E-state index in [9.17, 15) is 44.4 Å². The fourth-order valence-electron chi connectivity index (χ4n) is 12.9. The van der Waals surface area contributed by atoms with Crippen LogP contribution in [0.15, 0.2) is 121 Å². The number of benzene rings is 4. The van der Waals surface area contributed by atoms with E-state index < -0.39 is 181 Å². The third kappa shape index (κ3) is 24.1. The van der Waals surface area contributed by atoms with Gasteiger partial charge in [-0.05, 0) is 84.9 Å². The maximum absolute atomic E-state index is 15.3. The summed E-state index contributed by atoms with van der Waals surface area (Å²) >= 11 is 0. The molecule has 0 aliphatic carbocycles. The van der Waals surface area contributed by atoms with E-state index in [1.807, 2.05) is 13.8 Å². The molecular formula is C74H100N16O17. The van der Waals surface area contributed by atoms with Gasteiger partial charge in [0.2, 0.25) is 65.0 Å². The first kappa shape index (κ1) is 82.4. The molecule has 15 atom stereocenters. The number of fused-ring (bicyclic) bond motifs is 1. The van der Waals surface area contributed by atoms with Crippen LogP contribution in [0.5, 0.6) is 5.75 Å². The highest BCUT2D eigenvalue weighted by Crippen LogP contribution is 2.24. The summed E-state index contributed by atoms with van der Waals surface area (Å²) in [7, 11) is 0. The molecule has 1 aromatic heterocycles. The van der Waals surface area contributed by atoms with Crippen molar-refractivity contribution in [1.29, 1.82) is 0 Å². The summed E-state index contributed by atoms with van der Waals surface area (Å²) in [6.45, 7) is 6.04. The number of amides is 11. The number of phenolic OH excluding ortho intramolecular Hbond substituents is 1. The Bertz CT molecular complexity index is 3820. The molecule has 4 aromatic carbocycles. The van der Waals surface area contributed by atoms with Gasteiger partial charge in [-0.25, -0.2) is 4.68 Å². The van der Waals surface area contributed by atoms with Gasteiger partial charge in [-0.2, -0.15) is 0 Å². The van der Waals surface area contributed by atoms with Crippen molar-refractivity contribution < 1.29 is 82.6 Å². The molecule has 0 radical (unpaired) electrons. The minimum Gasteiger partial charge on any atom is -0.508 e. The molecule has 0 bridgehead atoms. The molecule has 0 saturated carbocycles. The van der Waals surface area contributed by atoms with E-state index >= 15 is 28.8 Å². The predicted octanol–water partition coefficient (Wildman–Crippen LogP) is -3.04. The molecule has 5 aromatic rings. The van der Waals surface area contributed by atoms with E-state index in [4.69, 9.17) is 26.7 Å². The SMILES string of the molecule is CC(C)C[C@@H]1NC(=O)[C@H](CCCN)NC(=O)[C@H](C(C)C)NC(=O)[C@H](Cc2ccc(O)cc2)NC(=O)[C@H](Cc2cn(CCO[C@@H]3O[C@H](CO)[C@H](O)[C@H](O)[C@H]3N)nn2)NC(=O)[C@H](CC(N)=O)NC(=O)[C@@H](Cc2ccccc2)NC(=O)[C@H](Cc2ccccc2)NC(=O)[C@@H]2CCCN2C(=O)[C@@H](Cc2ccccc2)NC1=O. The highest BCUT2D eigenvalue weighted by molar-refractivity contribution is 6.00. The Balaban J connectivity index is 1.20. The lowest BCUT2D eigenvalue weighted by molar-refractivity contribution is -0.266. The molecule has 3 saturated heterocycles. The zero-order valence-corrected chi connectivity index (χ0v) is 60.3. The van der Waals surface area contributed by atoms with Gasteiger partial charge in [-0.3, -0.25) is 52.7 Å². The van der Waals surface area contributed by atoms with Crippen LogP contribution in [-0.4, -0.2) is 223 Å². The molecule has 0 spiro atoms. The molecule has 3 aliphatic heterocycles. The van der Waals surface area contributed by atoms with Crippen molar-refractivity contribution >= 4 is 65.0 Å². The lowest BCUT2D eigenvalue weighted by atomic mass is 9.98. The van der Waals surface area contributed by atoms with Gasteiger partial charge in [0.1, 0.15) is 84.5 Å². The first-order chi connectivity index (χ1) is 51.2. The van der Waals surface area contributed by atoms with Crippen LogP contribution >= 0.6 is 0 Å². The quantitative estimate of drug-likeness (QED) is 0.0309. The summed E-state index contributed by atoms with van der Waals surface area (Å²) in [6, 6.07) is 15.2. The van der Waals surface area contributed by atoms with Gasteiger partial charge in [-0.15, -0.1) is 5.10 Å². The molecule has 0 unspecified atom stereocenters. The smallest absolute Gasteiger partial charge is 0.246 e. The Hall–Kier alpha value is -10.3. The summed E-state index contributed by atoms with van der Waals surface area (Å²) in [5, 5.41) is 73.8. The van der Waals surface area contributed by atoms with E-state index in [2.05, 4.69) is 58.2 Å². The lowest BCUT2D eigenvalue weighted by Crippen LogP contribution is -2.62. The van der Waals surface area contributed by atoms with E-state index in [0.717, 1.165) is 0 Å². The van der Waals surface area contributed by atoms with Crippen LogP contribution in [0.1, 0.15) is 94.2 Å². The van der Waals surface area contributed by atoms with Gasteiger partial charge < -0.3 is 99.9 Å². The van der Waals surface area contributed by atoms with Gasteiger partial charge >= 0.3 is 0 Å². The maximum Gasteiger partial charge on any atom is 0.246 e. The van der Waals surface area contributed by atoms with Crippen molar-refractivity contribution in [2.45, 2.75) is 196 Å². The molecule has 33 nitrogen and oxygen atoms in total. The zero-order chi connectivity index (χ0) is 77.4. The number of nitrogens with one attached hydrogen (secondary N) is 9. The first-order valence-electron chi connectivity index (χ1n) is 36.0. The number of aromatic hydroxyl groups is 1. The number of primary amides is 1. The second kappa shape index (κ2) is 39.9. The Morgan fingerprint density at radius 3 is 1.56 bits per heavy atom. The summed E-state index contributed by atoms with van der Waals surface area (Å²) in [5.74, 6) is -11.2. The molecular weight excluding hydrogens is 1380 g/mol. The average Bonchev–Trinajstić information content (AvgIpc) is 1.78. The topological polar surface area (TPSA) is 507 Å². The number of carbonyl (C=O) groups excluding carboxylic acids is 11. The van der Waals surface area contributed by atoms with Crippen molar-refractivity contribution in [3.63, 3.8) is 0 Å². The normalized spacial score (nSPS) is 26.6. The van der Waals surface area contributed by atoms with Crippen LogP contribution in [0.4, 0.5) is 0 Å². The number of carbonyl (C=O) groups is 11. The minimum atomic E-state index is -1.91. The number of aromatic nitrogens is 3. The van der Waals surface area contributed by atoms with E-state index in [1.165, 1.54) is 40.0 Å². The molecule has 107 heavy (non-hydrogen) atoms. The molecule has 3 fully saturated rings. The van der Waals surface area contributed by atoms with E-state index in [1.54, 1.807) is 105 Å². The fraction of sp³-hybridized carbons (Fsp3) is 0.500. The first-order valence-corrected chi connectivity index (χ1v) is 36.0. The Morgan fingerprint density at radius 2 is 1.04 bits per heavy atom. The number of ether oxygens (including phenoxy) is 2. The van der Waals surface area contributed by atoms with Gasteiger partial charge in [0.25, 0.3) is 0 Å². The van der Waals surface area contributed by atoms with Crippen LogP contribution in [0.2, 0.25) is 0 Å². The lowest BCUT2D eigenvalue weighted by Gasteiger charge is -2.40. The minimum absolute atomic E-state index is 0.0188. The van der Waals surface area contributed by atoms with E-state index in [0.29, 0.717) is 28.7 Å². The van der Waals surface area contributed by atoms with Crippen LogP contribution in [0.25, 0.3) is 0 Å². The number of hydrogen-bond acceptors (Lipinski definition) is 21. The molecule has 33 heteroatoms. The number of phenols is 1. The molecule has 11 amide bonds. The van der Waals surface area contributed by atoms with Crippen molar-refractivity contribution in [2.24, 2.45) is 29.0 Å². The van der Waals surface area contributed by atoms with Crippen molar-refractivity contribution in [3.8, 4) is 5.75 Å². The Labute approximate surface area is 619 Å². The highest BCUT2D eigenvalue weighted by atomic mass is 16.7. The second-order valence-corrected chi connectivity index (χ2v) is 27.9. The third-order valence-electron chi connectivity index (χ3n) is 18.7. The van der Waals surface area contributed by atoms with Crippen molar-refractivity contribution in [3.05, 3.63) is 149 Å². The van der Waals surface area contributed by atoms with Crippen molar-refractivity contribution in [1.82, 2.24) is 67.7 Å². The summed E-state index contributed by atoms with van der Waals surface area (Å²) in [5.41, 5.74) is 20.0. The number of nitrogens with zero attached hydrogens (tertiary/aromatic N) is 4. The van der Waals surface area contributed by atoms with E-state index in [-0.39, 0.29) is 95.0 Å². The molecule has 8 rings (SSSR count). The number of rotatable bonds is 23. The van der Waals surface area contributed by atoms with Crippen LogP contribution in [0.3, 0.4) is 0 Å².